The lowest BCUT2D eigenvalue weighted by molar-refractivity contribution is 0.00782. The van der Waals surface area contributed by atoms with E-state index in [-0.39, 0.29) is 29.7 Å². The minimum Gasteiger partial charge on any atom is -0.468 e. The van der Waals surface area contributed by atoms with Gasteiger partial charge in [-0.2, -0.15) is 4.98 Å². The largest absolute Gasteiger partial charge is 0.468 e. The van der Waals surface area contributed by atoms with Crippen LogP contribution in [0.2, 0.25) is 5.02 Å². The van der Waals surface area contributed by atoms with Crippen molar-refractivity contribution in [2.24, 2.45) is 0 Å². The number of rotatable bonds is 4. The summed E-state index contributed by atoms with van der Waals surface area (Å²) in [6.45, 7) is 0.527. The number of aromatic nitrogens is 2. The number of aliphatic hydroxyl groups excluding tert-OH is 1. The molecule has 2 fully saturated rings. The first-order valence-corrected chi connectivity index (χ1v) is 8.21. The molecule has 0 unspecified atom stereocenters. The Balaban J connectivity index is 1.50. The Morgan fingerprint density at radius 1 is 1.28 bits per heavy atom. The number of fused-ring (bicyclic) bond motifs is 1. The first-order valence-electron chi connectivity index (χ1n) is 7.83. The van der Waals surface area contributed by atoms with Gasteiger partial charge >= 0.3 is 0 Å². The number of hydrogen-bond acceptors (Lipinski definition) is 8. The van der Waals surface area contributed by atoms with Gasteiger partial charge in [0.2, 0.25) is 11.8 Å². The zero-order chi connectivity index (χ0) is 17.4. The van der Waals surface area contributed by atoms with Gasteiger partial charge in [-0.15, -0.1) is 0 Å². The van der Waals surface area contributed by atoms with Gasteiger partial charge in [-0.05, 0) is 18.2 Å². The average Bonchev–Trinajstić information content (AvgIpc) is 3.15. The second-order valence-corrected chi connectivity index (χ2v) is 6.32. The molecule has 0 spiro atoms. The van der Waals surface area contributed by atoms with E-state index in [1.807, 2.05) is 12.1 Å². The standard InChI is InChI=1S/C16H17ClN4O4/c17-10-5-19-16(20-9-3-1-2-8(18)4-9)21-15(10)25-12-7-24-13-11(22)6-23-14(12)13/h1-5,11-14,22H,6-7,18H2,(H,19,20,21)/t11-,12-,13-,14-/m1/s1. The van der Waals surface area contributed by atoms with Gasteiger partial charge in [-0.3, -0.25) is 0 Å². The molecular weight excluding hydrogens is 348 g/mol. The van der Waals surface area contributed by atoms with Crippen molar-refractivity contribution in [1.82, 2.24) is 9.97 Å². The number of nitrogen functional groups attached to an aromatic ring is 1. The van der Waals surface area contributed by atoms with Crippen molar-refractivity contribution in [1.29, 1.82) is 0 Å². The van der Waals surface area contributed by atoms with E-state index in [2.05, 4.69) is 15.3 Å². The number of nitrogens with zero attached hydrogens (tertiary/aromatic N) is 2. The van der Waals surface area contributed by atoms with Crippen LogP contribution in [-0.4, -0.2) is 52.7 Å². The van der Waals surface area contributed by atoms with Crippen LogP contribution >= 0.6 is 11.6 Å². The molecule has 3 heterocycles. The summed E-state index contributed by atoms with van der Waals surface area (Å²) in [5.74, 6) is 0.551. The van der Waals surface area contributed by atoms with Crippen LogP contribution in [0.3, 0.4) is 0 Å². The molecule has 2 aliphatic heterocycles. The number of halogens is 1. The maximum absolute atomic E-state index is 9.79. The molecule has 0 radical (unpaired) electrons. The fraction of sp³-hybridized carbons (Fsp3) is 0.375. The summed E-state index contributed by atoms with van der Waals surface area (Å²) < 4.78 is 16.9. The van der Waals surface area contributed by atoms with Gasteiger partial charge in [0.15, 0.2) is 6.10 Å². The molecule has 1 aromatic heterocycles. The molecule has 0 saturated carbocycles. The van der Waals surface area contributed by atoms with Gasteiger partial charge in [-0.1, -0.05) is 17.7 Å². The second-order valence-electron chi connectivity index (χ2n) is 5.92. The number of nitrogens with two attached hydrogens (primary N) is 1. The number of anilines is 3. The molecule has 8 nitrogen and oxygen atoms in total. The summed E-state index contributed by atoms with van der Waals surface area (Å²) in [6, 6.07) is 7.22. The molecule has 132 valence electrons. The van der Waals surface area contributed by atoms with Crippen molar-refractivity contribution in [2.75, 3.05) is 24.3 Å². The summed E-state index contributed by atoms with van der Waals surface area (Å²) in [5.41, 5.74) is 7.14. The first-order chi connectivity index (χ1) is 12.1. The highest BCUT2D eigenvalue weighted by Crippen LogP contribution is 2.32. The zero-order valence-electron chi connectivity index (χ0n) is 13.1. The summed E-state index contributed by atoms with van der Waals surface area (Å²) >= 11 is 6.15. The van der Waals surface area contributed by atoms with E-state index in [4.69, 9.17) is 31.5 Å². The van der Waals surface area contributed by atoms with E-state index in [0.717, 1.165) is 5.69 Å². The molecule has 0 amide bonds. The van der Waals surface area contributed by atoms with Crippen LogP contribution in [0.15, 0.2) is 30.5 Å². The van der Waals surface area contributed by atoms with Crippen LogP contribution in [0.1, 0.15) is 0 Å². The normalized spacial score (nSPS) is 27.9. The smallest absolute Gasteiger partial charge is 0.237 e. The Morgan fingerprint density at radius 2 is 2.12 bits per heavy atom. The van der Waals surface area contributed by atoms with E-state index in [1.54, 1.807) is 12.1 Å². The molecule has 0 aliphatic carbocycles. The molecule has 0 bridgehead atoms. The van der Waals surface area contributed by atoms with E-state index in [1.165, 1.54) is 6.20 Å². The Kier molecular flexibility index (Phi) is 4.34. The molecule has 2 aliphatic rings. The summed E-state index contributed by atoms with van der Waals surface area (Å²) in [6.07, 6.45) is -0.298. The summed E-state index contributed by atoms with van der Waals surface area (Å²) in [7, 11) is 0. The van der Waals surface area contributed by atoms with Gasteiger partial charge in [0.1, 0.15) is 23.3 Å². The van der Waals surface area contributed by atoms with Crippen LogP contribution in [0.5, 0.6) is 5.88 Å². The van der Waals surface area contributed by atoms with Crippen molar-refractivity contribution in [3.63, 3.8) is 0 Å². The van der Waals surface area contributed by atoms with Crippen LogP contribution in [0, 0.1) is 0 Å². The van der Waals surface area contributed by atoms with Crippen LogP contribution < -0.4 is 15.8 Å². The fourth-order valence-corrected chi connectivity index (χ4v) is 3.06. The Bertz CT molecular complexity index is 778. The molecule has 2 saturated heterocycles. The highest BCUT2D eigenvalue weighted by molar-refractivity contribution is 6.31. The average molecular weight is 365 g/mol. The van der Waals surface area contributed by atoms with Crippen molar-refractivity contribution < 1.29 is 19.3 Å². The number of benzene rings is 1. The lowest BCUT2D eigenvalue weighted by atomic mass is 10.1. The highest BCUT2D eigenvalue weighted by Gasteiger charge is 2.48. The molecular formula is C16H17ClN4O4. The third-order valence-corrected chi connectivity index (χ3v) is 4.36. The van der Waals surface area contributed by atoms with E-state index in [0.29, 0.717) is 18.2 Å². The lowest BCUT2D eigenvalue weighted by Crippen LogP contribution is -2.34. The molecule has 4 N–H and O–H groups in total. The molecule has 1 aromatic carbocycles. The van der Waals surface area contributed by atoms with Gasteiger partial charge in [0.05, 0.1) is 19.4 Å². The predicted molar refractivity (Wildman–Crippen MR) is 91.1 cm³/mol. The number of hydrogen-bond donors (Lipinski definition) is 3. The zero-order valence-corrected chi connectivity index (χ0v) is 13.9. The van der Waals surface area contributed by atoms with Gasteiger partial charge in [-0.25, -0.2) is 4.98 Å². The summed E-state index contributed by atoms with van der Waals surface area (Å²) in [5, 5.41) is 13.1. The highest BCUT2D eigenvalue weighted by atomic mass is 35.5. The Hall–Kier alpha value is -2.13. The summed E-state index contributed by atoms with van der Waals surface area (Å²) in [4.78, 5) is 8.44. The predicted octanol–water partition coefficient (Wildman–Crippen LogP) is 1.36. The van der Waals surface area contributed by atoms with Crippen molar-refractivity contribution in [2.45, 2.75) is 24.4 Å². The SMILES string of the molecule is Nc1cccc(Nc2ncc(Cl)c(O[C@@H]3CO[C@H]4[C@@H]3OC[C@H]4O)n2)c1. The third kappa shape index (κ3) is 3.34. The topological polar surface area (TPSA) is 112 Å². The van der Waals surface area contributed by atoms with E-state index < -0.39 is 12.2 Å². The fourth-order valence-electron chi connectivity index (χ4n) is 2.93. The molecule has 25 heavy (non-hydrogen) atoms. The quantitative estimate of drug-likeness (QED) is 0.697. The van der Waals surface area contributed by atoms with E-state index in [9.17, 15) is 5.11 Å². The third-order valence-electron chi connectivity index (χ3n) is 4.10. The molecule has 2 aromatic rings. The molecule has 4 atom stereocenters. The number of nitrogens with one attached hydrogen (secondary N) is 1. The Morgan fingerprint density at radius 3 is 2.96 bits per heavy atom. The van der Waals surface area contributed by atoms with Gasteiger partial charge in [0, 0.05) is 11.4 Å². The maximum Gasteiger partial charge on any atom is 0.237 e. The van der Waals surface area contributed by atoms with Crippen molar-refractivity contribution >= 4 is 28.9 Å². The van der Waals surface area contributed by atoms with Crippen LogP contribution in [0.25, 0.3) is 0 Å². The minimum atomic E-state index is -0.639. The number of ether oxygens (including phenoxy) is 3. The molecule has 9 heteroatoms. The van der Waals surface area contributed by atoms with E-state index >= 15 is 0 Å². The minimum absolute atomic E-state index is 0.224. The first kappa shape index (κ1) is 16.3. The molecule has 4 rings (SSSR count). The van der Waals surface area contributed by atoms with Crippen molar-refractivity contribution in [3.8, 4) is 5.88 Å². The van der Waals surface area contributed by atoms with Crippen LogP contribution in [0.4, 0.5) is 17.3 Å². The maximum atomic E-state index is 9.79. The monoisotopic (exact) mass is 364 g/mol. The van der Waals surface area contributed by atoms with Gasteiger partial charge < -0.3 is 30.4 Å². The van der Waals surface area contributed by atoms with Crippen LogP contribution in [-0.2, 0) is 9.47 Å². The second kappa shape index (κ2) is 6.64. The number of aliphatic hydroxyl groups is 1. The Labute approximate surface area is 148 Å². The lowest BCUT2D eigenvalue weighted by Gasteiger charge is -2.18. The van der Waals surface area contributed by atoms with Gasteiger partial charge in [0.25, 0.3) is 0 Å². The van der Waals surface area contributed by atoms with Crippen molar-refractivity contribution in [3.05, 3.63) is 35.5 Å².